The van der Waals surface area contributed by atoms with E-state index in [0.717, 1.165) is 0 Å². The fourth-order valence-electron chi connectivity index (χ4n) is 1.80. The molecule has 18 heavy (non-hydrogen) atoms. The van der Waals surface area contributed by atoms with Gasteiger partial charge in [-0.3, -0.25) is 10.1 Å². The number of nitrogens with zero attached hydrogens (tertiary/aromatic N) is 2. The van der Waals surface area contributed by atoms with Crippen LogP contribution < -0.4 is 0 Å². The average Bonchev–Trinajstić information content (AvgIpc) is 2.27. The van der Waals surface area contributed by atoms with Crippen LogP contribution in [0.1, 0.15) is 25.3 Å². The maximum Gasteiger partial charge on any atom is 0.270 e. The topological polar surface area (TPSA) is 56.0 Å². The number of hydrogen-bond acceptors (Lipinski definition) is 3. The van der Waals surface area contributed by atoms with Crippen molar-refractivity contribution in [3.8, 4) is 0 Å². The van der Waals surface area contributed by atoms with Crippen molar-refractivity contribution in [2.75, 3.05) is 0 Å². The number of fused-ring (bicyclic) bond motifs is 1. The maximum atomic E-state index is 10.8. The van der Waals surface area contributed by atoms with Gasteiger partial charge in [0.05, 0.1) is 15.5 Å². The second-order valence-corrected chi connectivity index (χ2v) is 4.98. The molecule has 0 aliphatic heterocycles. The highest BCUT2D eigenvalue weighted by atomic mass is 35.5. The number of hydrogen-bond donors (Lipinski definition) is 0. The van der Waals surface area contributed by atoms with Gasteiger partial charge < -0.3 is 0 Å². The second kappa shape index (κ2) is 4.71. The summed E-state index contributed by atoms with van der Waals surface area (Å²) in [5.41, 5.74) is 1.26. The van der Waals surface area contributed by atoms with Crippen LogP contribution in [0.3, 0.4) is 0 Å². The summed E-state index contributed by atoms with van der Waals surface area (Å²) in [6.07, 6.45) is 0. The van der Waals surface area contributed by atoms with Gasteiger partial charge in [-0.15, -0.1) is 0 Å². The SMILES string of the molecule is CC(C)c1c(Cl)nc2ccc([N+](=O)[O-])cc2c1Cl. The predicted molar refractivity (Wildman–Crippen MR) is 72.5 cm³/mol. The summed E-state index contributed by atoms with van der Waals surface area (Å²) in [4.78, 5) is 14.5. The van der Waals surface area contributed by atoms with Crippen molar-refractivity contribution in [2.45, 2.75) is 19.8 Å². The zero-order chi connectivity index (χ0) is 13.4. The Morgan fingerprint density at radius 1 is 1.33 bits per heavy atom. The summed E-state index contributed by atoms with van der Waals surface area (Å²) in [6.45, 7) is 3.88. The Morgan fingerprint density at radius 3 is 2.56 bits per heavy atom. The van der Waals surface area contributed by atoms with E-state index in [1.807, 2.05) is 13.8 Å². The molecule has 0 saturated carbocycles. The molecule has 0 aliphatic carbocycles. The first kappa shape index (κ1) is 13.1. The van der Waals surface area contributed by atoms with E-state index < -0.39 is 4.92 Å². The van der Waals surface area contributed by atoms with Crippen LogP contribution in [-0.2, 0) is 0 Å². The highest BCUT2D eigenvalue weighted by Crippen LogP contribution is 2.36. The Hall–Kier alpha value is -1.39. The molecule has 0 aliphatic rings. The van der Waals surface area contributed by atoms with Crippen molar-refractivity contribution in [1.29, 1.82) is 0 Å². The second-order valence-electron chi connectivity index (χ2n) is 4.24. The molecule has 1 heterocycles. The van der Waals surface area contributed by atoms with Gasteiger partial charge in [-0.25, -0.2) is 4.98 Å². The fourth-order valence-corrected chi connectivity index (χ4v) is 2.72. The van der Waals surface area contributed by atoms with Crippen LogP contribution in [0.15, 0.2) is 18.2 Å². The van der Waals surface area contributed by atoms with Gasteiger partial charge in [0.25, 0.3) is 5.69 Å². The lowest BCUT2D eigenvalue weighted by Crippen LogP contribution is -1.96. The van der Waals surface area contributed by atoms with E-state index in [2.05, 4.69) is 4.98 Å². The van der Waals surface area contributed by atoms with Gasteiger partial charge in [0.1, 0.15) is 5.15 Å². The molecule has 6 heteroatoms. The number of halogens is 2. The first-order valence-corrected chi connectivity index (χ1v) is 6.10. The van der Waals surface area contributed by atoms with Crippen molar-refractivity contribution >= 4 is 39.8 Å². The summed E-state index contributed by atoms with van der Waals surface area (Å²) in [7, 11) is 0. The third-order valence-corrected chi connectivity index (χ3v) is 3.38. The number of pyridine rings is 1. The van der Waals surface area contributed by atoms with Gasteiger partial charge in [0.2, 0.25) is 0 Å². The van der Waals surface area contributed by atoms with Gasteiger partial charge in [-0.05, 0) is 12.0 Å². The molecule has 0 saturated heterocycles. The molecule has 0 bridgehead atoms. The monoisotopic (exact) mass is 284 g/mol. The molecule has 0 N–H and O–H groups in total. The Balaban J connectivity index is 2.81. The average molecular weight is 285 g/mol. The van der Waals surface area contributed by atoms with Gasteiger partial charge in [0.15, 0.2) is 0 Å². The number of non-ortho nitro benzene ring substituents is 1. The molecule has 2 aromatic rings. The van der Waals surface area contributed by atoms with E-state index in [9.17, 15) is 10.1 Å². The summed E-state index contributed by atoms with van der Waals surface area (Å²) in [5.74, 6) is 0.0983. The molecule has 1 aromatic carbocycles. The van der Waals surface area contributed by atoms with Gasteiger partial charge in [-0.1, -0.05) is 37.0 Å². The third kappa shape index (κ3) is 2.13. The largest absolute Gasteiger partial charge is 0.270 e. The highest BCUT2D eigenvalue weighted by Gasteiger charge is 2.17. The van der Waals surface area contributed by atoms with E-state index in [1.54, 1.807) is 6.07 Å². The molecule has 2 rings (SSSR count). The number of aromatic nitrogens is 1. The predicted octanol–water partition coefficient (Wildman–Crippen LogP) is 4.57. The normalized spacial score (nSPS) is 11.2. The molecule has 0 amide bonds. The lowest BCUT2D eigenvalue weighted by Gasteiger charge is -2.12. The van der Waals surface area contributed by atoms with Crippen molar-refractivity contribution in [3.63, 3.8) is 0 Å². The smallest absolute Gasteiger partial charge is 0.258 e. The summed E-state index contributed by atoms with van der Waals surface area (Å²) in [5, 5.41) is 12.1. The zero-order valence-electron chi connectivity index (χ0n) is 9.78. The van der Waals surface area contributed by atoms with Crippen LogP contribution in [0.2, 0.25) is 10.2 Å². The van der Waals surface area contributed by atoms with E-state index in [1.165, 1.54) is 12.1 Å². The van der Waals surface area contributed by atoms with E-state index in [0.29, 0.717) is 26.6 Å². The number of benzene rings is 1. The summed E-state index contributed by atoms with van der Waals surface area (Å²) in [6, 6.07) is 4.36. The van der Waals surface area contributed by atoms with Crippen LogP contribution in [0.25, 0.3) is 10.9 Å². The molecule has 0 fully saturated rings. The summed E-state index contributed by atoms with van der Waals surface area (Å²) >= 11 is 12.3. The molecule has 0 radical (unpaired) electrons. The molecule has 0 unspecified atom stereocenters. The van der Waals surface area contributed by atoms with Crippen LogP contribution in [0.5, 0.6) is 0 Å². The van der Waals surface area contributed by atoms with Crippen molar-refractivity contribution in [2.24, 2.45) is 0 Å². The lowest BCUT2D eigenvalue weighted by molar-refractivity contribution is -0.384. The molecule has 0 spiro atoms. The van der Waals surface area contributed by atoms with E-state index in [4.69, 9.17) is 23.2 Å². The molecular weight excluding hydrogens is 275 g/mol. The number of nitro benzene ring substituents is 1. The van der Waals surface area contributed by atoms with Crippen LogP contribution in [-0.4, -0.2) is 9.91 Å². The maximum absolute atomic E-state index is 10.8. The minimum Gasteiger partial charge on any atom is -0.258 e. The fraction of sp³-hybridized carbons (Fsp3) is 0.250. The quantitative estimate of drug-likeness (QED) is 0.461. The first-order chi connectivity index (χ1) is 8.41. The lowest BCUT2D eigenvalue weighted by atomic mass is 10.0. The molecule has 0 atom stereocenters. The minimum atomic E-state index is -0.459. The number of rotatable bonds is 2. The first-order valence-electron chi connectivity index (χ1n) is 5.35. The summed E-state index contributed by atoms with van der Waals surface area (Å²) < 4.78 is 0. The van der Waals surface area contributed by atoms with Gasteiger partial charge >= 0.3 is 0 Å². The third-order valence-electron chi connectivity index (χ3n) is 2.68. The molecule has 94 valence electrons. The Bertz CT molecular complexity index is 642. The van der Waals surface area contributed by atoms with Gasteiger partial charge in [0, 0.05) is 23.1 Å². The van der Waals surface area contributed by atoms with Crippen LogP contribution >= 0.6 is 23.2 Å². The van der Waals surface area contributed by atoms with Gasteiger partial charge in [-0.2, -0.15) is 0 Å². The van der Waals surface area contributed by atoms with E-state index >= 15 is 0 Å². The minimum absolute atomic E-state index is 0.0109. The molecule has 1 aromatic heterocycles. The van der Waals surface area contributed by atoms with Crippen molar-refractivity contribution in [3.05, 3.63) is 44.1 Å². The van der Waals surface area contributed by atoms with Crippen molar-refractivity contribution in [1.82, 2.24) is 4.98 Å². The highest BCUT2D eigenvalue weighted by molar-refractivity contribution is 6.39. The molecular formula is C12H10Cl2N2O2. The van der Waals surface area contributed by atoms with E-state index in [-0.39, 0.29) is 11.6 Å². The Labute approximate surface area is 114 Å². The van der Waals surface area contributed by atoms with Crippen LogP contribution in [0, 0.1) is 10.1 Å². The number of nitro groups is 1. The van der Waals surface area contributed by atoms with Crippen LogP contribution in [0.4, 0.5) is 5.69 Å². The Kier molecular flexibility index (Phi) is 3.41. The molecule has 4 nitrogen and oxygen atoms in total. The standard InChI is InChI=1S/C12H10Cl2N2O2/c1-6(2)10-11(13)8-5-7(16(17)18)3-4-9(8)15-12(10)14/h3-6H,1-2H3. The zero-order valence-corrected chi connectivity index (χ0v) is 11.3. The van der Waals surface area contributed by atoms with Crippen molar-refractivity contribution < 1.29 is 4.92 Å². The Morgan fingerprint density at radius 2 is 2.00 bits per heavy atom.